The topological polar surface area (TPSA) is 75.7 Å². The SMILES string of the molecule is CC[C@@H](C(=O)NCCc1ccc(OC)cc1)N(c1ccc(C)c(C)c1)S(C)(=O)=O. The summed E-state index contributed by atoms with van der Waals surface area (Å²) < 4.78 is 31.4. The van der Waals surface area contributed by atoms with Crippen LogP contribution in [0.1, 0.15) is 30.0 Å². The monoisotopic (exact) mass is 418 g/mol. The molecule has 0 fully saturated rings. The van der Waals surface area contributed by atoms with Crippen molar-refractivity contribution < 1.29 is 17.9 Å². The van der Waals surface area contributed by atoms with Gasteiger partial charge in [-0.25, -0.2) is 8.42 Å². The molecule has 0 aliphatic heterocycles. The fourth-order valence-corrected chi connectivity index (χ4v) is 4.37. The molecule has 1 atom stereocenters. The van der Waals surface area contributed by atoms with Crippen LogP contribution in [0.25, 0.3) is 0 Å². The van der Waals surface area contributed by atoms with Gasteiger partial charge in [0.25, 0.3) is 0 Å². The van der Waals surface area contributed by atoms with Crippen LogP contribution >= 0.6 is 0 Å². The van der Waals surface area contributed by atoms with Crippen LogP contribution in [-0.2, 0) is 21.2 Å². The van der Waals surface area contributed by atoms with Crippen molar-refractivity contribution in [1.29, 1.82) is 0 Å². The van der Waals surface area contributed by atoms with Gasteiger partial charge in [0.15, 0.2) is 0 Å². The predicted molar refractivity (Wildman–Crippen MR) is 117 cm³/mol. The van der Waals surface area contributed by atoms with Crippen LogP contribution in [0, 0.1) is 13.8 Å². The fraction of sp³-hybridized carbons (Fsp3) is 0.409. The first-order valence-electron chi connectivity index (χ1n) is 9.64. The van der Waals surface area contributed by atoms with Crippen molar-refractivity contribution in [3.63, 3.8) is 0 Å². The Morgan fingerprint density at radius 2 is 1.76 bits per heavy atom. The van der Waals surface area contributed by atoms with Crippen molar-refractivity contribution >= 4 is 21.6 Å². The van der Waals surface area contributed by atoms with E-state index in [9.17, 15) is 13.2 Å². The molecule has 0 bridgehead atoms. The number of rotatable bonds is 9. The zero-order valence-electron chi connectivity index (χ0n) is 17.7. The van der Waals surface area contributed by atoms with Crippen molar-refractivity contribution in [2.24, 2.45) is 0 Å². The second-order valence-corrected chi connectivity index (χ2v) is 9.00. The molecule has 0 unspecified atom stereocenters. The molecule has 0 aliphatic carbocycles. The molecule has 0 saturated heterocycles. The van der Waals surface area contributed by atoms with Crippen LogP contribution in [0.2, 0.25) is 0 Å². The van der Waals surface area contributed by atoms with E-state index in [1.165, 1.54) is 4.31 Å². The largest absolute Gasteiger partial charge is 0.497 e. The molecule has 2 aromatic carbocycles. The molecule has 0 aromatic heterocycles. The van der Waals surface area contributed by atoms with E-state index in [0.29, 0.717) is 25.1 Å². The molecule has 0 aliphatic rings. The summed E-state index contributed by atoms with van der Waals surface area (Å²) >= 11 is 0. The fourth-order valence-electron chi connectivity index (χ4n) is 3.16. The van der Waals surface area contributed by atoms with Crippen LogP contribution in [0.3, 0.4) is 0 Å². The van der Waals surface area contributed by atoms with Crippen molar-refractivity contribution in [2.45, 2.75) is 39.7 Å². The summed E-state index contributed by atoms with van der Waals surface area (Å²) in [6, 6.07) is 12.3. The van der Waals surface area contributed by atoms with E-state index >= 15 is 0 Å². The molecular weight excluding hydrogens is 388 g/mol. The third-order valence-corrected chi connectivity index (χ3v) is 6.13. The Kier molecular flexibility index (Phi) is 7.67. The first-order chi connectivity index (χ1) is 13.7. The number of anilines is 1. The summed E-state index contributed by atoms with van der Waals surface area (Å²) in [5, 5.41) is 2.88. The molecule has 6 nitrogen and oxygen atoms in total. The van der Waals surface area contributed by atoms with E-state index in [1.807, 2.05) is 57.2 Å². The summed E-state index contributed by atoms with van der Waals surface area (Å²) in [7, 11) is -2.02. The summed E-state index contributed by atoms with van der Waals surface area (Å²) in [6.45, 7) is 6.13. The second kappa shape index (κ2) is 9.78. The number of aryl methyl sites for hydroxylation is 2. The number of sulfonamides is 1. The van der Waals surface area contributed by atoms with Gasteiger partial charge in [-0.05, 0) is 67.6 Å². The normalized spacial score (nSPS) is 12.3. The van der Waals surface area contributed by atoms with Crippen LogP contribution < -0.4 is 14.4 Å². The van der Waals surface area contributed by atoms with E-state index in [4.69, 9.17) is 4.74 Å². The van der Waals surface area contributed by atoms with Gasteiger partial charge in [-0.2, -0.15) is 0 Å². The van der Waals surface area contributed by atoms with E-state index < -0.39 is 16.1 Å². The van der Waals surface area contributed by atoms with Gasteiger partial charge in [0.2, 0.25) is 15.9 Å². The summed E-state index contributed by atoms with van der Waals surface area (Å²) in [5.41, 5.74) is 3.62. The maximum Gasteiger partial charge on any atom is 0.243 e. The van der Waals surface area contributed by atoms with E-state index in [2.05, 4.69) is 5.32 Å². The molecule has 0 spiro atoms. The summed E-state index contributed by atoms with van der Waals surface area (Å²) in [6.07, 6.45) is 2.15. The Balaban J connectivity index is 2.14. The summed E-state index contributed by atoms with van der Waals surface area (Å²) in [5.74, 6) is 0.477. The lowest BCUT2D eigenvalue weighted by molar-refractivity contribution is -0.122. The number of nitrogens with zero attached hydrogens (tertiary/aromatic N) is 1. The quantitative estimate of drug-likeness (QED) is 0.678. The number of methoxy groups -OCH3 is 1. The standard InChI is InChI=1S/C22H30N2O4S/c1-6-21(22(25)23-14-13-18-8-11-20(28-4)12-9-18)24(29(5,26)27)19-10-7-16(2)17(3)15-19/h7-12,15,21H,6,13-14H2,1-5H3,(H,23,25)/t21-/m0/s1. The zero-order chi connectivity index (χ0) is 21.6. The molecule has 158 valence electrons. The minimum absolute atomic E-state index is 0.301. The lowest BCUT2D eigenvalue weighted by atomic mass is 10.1. The van der Waals surface area contributed by atoms with E-state index in [0.717, 1.165) is 28.7 Å². The van der Waals surface area contributed by atoms with Crippen LogP contribution in [0.5, 0.6) is 5.75 Å². The molecule has 29 heavy (non-hydrogen) atoms. The van der Waals surface area contributed by atoms with E-state index in [1.54, 1.807) is 13.2 Å². The molecule has 1 N–H and O–H groups in total. The molecule has 0 heterocycles. The maximum absolute atomic E-state index is 12.8. The second-order valence-electron chi connectivity index (χ2n) is 7.14. The number of hydrogen-bond donors (Lipinski definition) is 1. The number of hydrogen-bond acceptors (Lipinski definition) is 4. The highest BCUT2D eigenvalue weighted by molar-refractivity contribution is 7.92. The number of carbonyl (C=O) groups is 1. The number of ether oxygens (including phenoxy) is 1. The Bertz CT molecular complexity index is 940. The third-order valence-electron chi connectivity index (χ3n) is 4.95. The highest BCUT2D eigenvalue weighted by Gasteiger charge is 2.31. The minimum atomic E-state index is -3.63. The number of benzene rings is 2. The van der Waals surface area contributed by atoms with Crippen LogP contribution in [0.4, 0.5) is 5.69 Å². The average molecular weight is 419 g/mol. The Labute approximate surface area is 173 Å². The Hall–Kier alpha value is -2.54. The first-order valence-corrected chi connectivity index (χ1v) is 11.5. The molecule has 0 radical (unpaired) electrons. The Morgan fingerprint density at radius 1 is 1.10 bits per heavy atom. The molecular formula is C22H30N2O4S. The van der Waals surface area contributed by atoms with Gasteiger partial charge in [-0.1, -0.05) is 25.1 Å². The van der Waals surface area contributed by atoms with Gasteiger partial charge in [-0.3, -0.25) is 9.10 Å². The number of nitrogens with one attached hydrogen (secondary N) is 1. The zero-order valence-corrected chi connectivity index (χ0v) is 18.5. The van der Waals surface area contributed by atoms with Crippen molar-refractivity contribution in [3.05, 3.63) is 59.2 Å². The minimum Gasteiger partial charge on any atom is -0.497 e. The van der Waals surface area contributed by atoms with Crippen molar-refractivity contribution in [1.82, 2.24) is 5.32 Å². The molecule has 2 rings (SSSR count). The van der Waals surface area contributed by atoms with Crippen molar-refractivity contribution in [2.75, 3.05) is 24.2 Å². The predicted octanol–water partition coefficient (Wildman–Crippen LogP) is 3.22. The van der Waals surface area contributed by atoms with Gasteiger partial charge >= 0.3 is 0 Å². The lowest BCUT2D eigenvalue weighted by Gasteiger charge is -2.30. The molecule has 0 saturated carbocycles. The first kappa shape index (κ1) is 22.7. The molecule has 2 aromatic rings. The van der Waals surface area contributed by atoms with Crippen molar-refractivity contribution in [3.8, 4) is 5.75 Å². The Morgan fingerprint density at radius 3 is 2.28 bits per heavy atom. The molecule has 1 amide bonds. The smallest absolute Gasteiger partial charge is 0.243 e. The molecule has 7 heteroatoms. The highest BCUT2D eigenvalue weighted by Crippen LogP contribution is 2.25. The maximum atomic E-state index is 12.8. The van der Waals surface area contributed by atoms with Crippen LogP contribution in [0.15, 0.2) is 42.5 Å². The van der Waals surface area contributed by atoms with Gasteiger partial charge < -0.3 is 10.1 Å². The number of amides is 1. The number of carbonyl (C=O) groups excluding carboxylic acids is 1. The van der Waals surface area contributed by atoms with Gasteiger partial charge in [0, 0.05) is 6.54 Å². The van der Waals surface area contributed by atoms with Gasteiger partial charge in [-0.15, -0.1) is 0 Å². The van der Waals surface area contributed by atoms with Gasteiger partial charge in [0.1, 0.15) is 11.8 Å². The average Bonchev–Trinajstić information content (AvgIpc) is 2.67. The third kappa shape index (κ3) is 5.97. The lowest BCUT2D eigenvalue weighted by Crippen LogP contribution is -2.49. The van der Waals surface area contributed by atoms with Gasteiger partial charge in [0.05, 0.1) is 19.1 Å². The van der Waals surface area contributed by atoms with E-state index in [-0.39, 0.29) is 5.91 Å². The summed E-state index contributed by atoms with van der Waals surface area (Å²) in [4.78, 5) is 12.8. The highest BCUT2D eigenvalue weighted by atomic mass is 32.2. The van der Waals surface area contributed by atoms with Crippen LogP contribution in [-0.4, -0.2) is 40.3 Å².